The van der Waals surface area contributed by atoms with Gasteiger partial charge in [-0.05, 0) is 55.0 Å². The lowest BCUT2D eigenvalue weighted by Gasteiger charge is -2.22. The largest absolute Gasteiger partial charge is 0.493 e. The second-order valence-corrected chi connectivity index (χ2v) is 8.62. The van der Waals surface area contributed by atoms with E-state index in [4.69, 9.17) is 9.47 Å². The maximum Gasteiger partial charge on any atom is 0.256 e. The Labute approximate surface area is 197 Å². The zero-order chi connectivity index (χ0) is 23.2. The number of hydrogen-bond acceptors (Lipinski definition) is 6. The number of thiophene rings is 1. The number of aromatic nitrogens is 1. The van der Waals surface area contributed by atoms with E-state index in [-0.39, 0.29) is 11.9 Å². The molecule has 7 heteroatoms. The summed E-state index contributed by atoms with van der Waals surface area (Å²) in [5.41, 5.74) is 2.50. The van der Waals surface area contributed by atoms with Crippen LogP contribution in [0.3, 0.4) is 0 Å². The van der Waals surface area contributed by atoms with E-state index >= 15 is 0 Å². The van der Waals surface area contributed by atoms with Crippen LogP contribution in [0.15, 0.2) is 79.0 Å². The molecule has 2 aromatic carbocycles. The van der Waals surface area contributed by atoms with Crippen LogP contribution in [-0.4, -0.2) is 25.1 Å². The number of aryl methyl sites for hydroxylation is 1. The first kappa shape index (κ1) is 22.4. The summed E-state index contributed by atoms with van der Waals surface area (Å²) in [5, 5.41) is 7.40. The van der Waals surface area contributed by atoms with Crippen molar-refractivity contribution >= 4 is 28.1 Å². The molecule has 0 fully saturated rings. The summed E-state index contributed by atoms with van der Waals surface area (Å²) in [4.78, 5) is 18.4. The van der Waals surface area contributed by atoms with Gasteiger partial charge in [-0.3, -0.25) is 4.79 Å². The van der Waals surface area contributed by atoms with Crippen molar-refractivity contribution in [2.75, 3.05) is 24.9 Å². The van der Waals surface area contributed by atoms with Crippen LogP contribution in [0.4, 0.5) is 10.8 Å². The highest BCUT2D eigenvalue weighted by Crippen LogP contribution is 2.40. The molecule has 0 saturated carbocycles. The van der Waals surface area contributed by atoms with Crippen molar-refractivity contribution in [2.24, 2.45) is 0 Å². The van der Waals surface area contributed by atoms with Gasteiger partial charge in [0.2, 0.25) is 0 Å². The number of pyridine rings is 1. The Morgan fingerprint density at radius 2 is 1.70 bits per heavy atom. The SMILES string of the molecule is COc1ccc([C@@H](Nc2ccccn2)c2cc(C)sc2NC(=O)c2ccccc2)cc1OC. The molecule has 0 radical (unpaired) electrons. The van der Waals surface area contributed by atoms with Crippen LogP contribution < -0.4 is 20.1 Å². The molecule has 4 aromatic rings. The lowest BCUT2D eigenvalue weighted by molar-refractivity contribution is 0.102. The molecule has 0 saturated heterocycles. The van der Waals surface area contributed by atoms with Gasteiger partial charge >= 0.3 is 0 Å². The Morgan fingerprint density at radius 3 is 2.39 bits per heavy atom. The quantitative estimate of drug-likeness (QED) is 0.342. The van der Waals surface area contributed by atoms with Crippen LogP contribution in [0, 0.1) is 6.92 Å². The molecule has 2 N–H and O–H groups in total. The maximum atomic E-state index is 12.9. The fraction of sp³-hybridized carbons (Fsp3) is 0.154. The van der Waals surface area contributed by atoms with E-state index in [1.54, 1.807) is 43.9 Å². The Morgan fingerprint density at radius 1 is 0.939 bits per heavy atom. The number of carbonyl (C=O) groups excluding carboxylic acids is 1. The molecule has 1 atom stereocenters. The number of anilines is 2. The van der Waals surface area contributed by atoms with E-state index < -0.39 is 0 Å². The number of nitrogens with zero attached hydrogens (tertiary/aromatic N) is 1. The molecule has 6 nitrogen and oxygen atoms in total. The minimum absolute atomic E-state index is 0.150. The van der Waals surface area contributed by atoms with Gasteiger partial charge in [-0.25, -0.2) is 4.98 Å². The van der Waals surface area contributed by atoms with Gasteiger partial charge in [-0.1, -0.05) is 30.3 Å². The van der Waals surface area contributed by atoms with Crippen LogP contribution >= 0.6 is 11.3 Å². The first-order chi connectivity index (χ1) is 16.1. The van der Waals surface area contributed by atoms with Crippen molar-refractivity contribution in [2.45, 2.75) is 13.0 Å². The summed E-state index contributed by atoms with van der Waals surface area (Å²) in [6, 6.07) is 22.5. The minimum Gasteiger partial charge on any atom is -0.493 e. The van der Waals surface area contributed by atoms with Crippen molar-refractivity contribution < 1.29 is 14.3 Å². The summed E-state index contributed by atoms with van der Waals surface area (Å²) in [6.07, 6.45) is 1.74. The molecule has 168 valence electrons. The van der Waals surface area contributed by atoms with E-state index in [2.05, 4.69) is 21.7 Å². The number of hydrogen-bond donors (Lipinski definition) is 2. The number of benzene rings is 2. The Bertz CT molecular complexity index is 1230. The van der Waals surface area contributed by atoms with Crippen LogP contribution in [-0.2, 0) is 0 Å². The molecule has 0 aliphatic heterocycles. The van der Waals surface area contributed by atoms with Crippen molar-refractivity contribution in [3.63, 3.8) is 0 Å². The highest BCUT2D eigenvalue weighted by molar-refractivity contribution is 7.16. The fourth-order valence-corrected chi connectivity index (χ4v) is 4.53. The molecule has 0 unspecified atom stereocenters. The van der Waals surface area contributed by atoms with Crippen LogP contribution in [0.2, 0.25) is 0 Å². The molecule has 33 heavy (non-hydrogen) atoms. The monoisotopic (exact) mass is 459 g/mol. The van der Waals surface area contributed by atoms with E-state index in [1.165, 1.54) is 0 Å². The van der Waals surface area contributed by atoms with Gasteiger partial charge in [0.25, 0.3) is 5.91 Å². The summed E-state index contributed by atoms with van der Waals surface area (Å²) in [5.74, 6) is 1.85. The van der Waals surface area contributed by atoms with Gasteiger partial charge in [0.15, 0.2) is 11.5 Å². The third-order valence-corrected chi connectivity index (χ3v) is 6.14. The van der Waals surface area contributed by atoms with E-state index in [9.17, 15) is 4.79 Å². The summed E-state index contributed by atoms with van der Waals surface area (Å²) < 4.78 is 10.9. The maximum absolute atomic E-state index is 12.9. The van der Waals surface area contributed by atoms with Gasteiger partial charge < -0.3 is 20.1 Å². The molecule has 2 heterocycles. The standard InChI is InChI=1S/C26H25N3O3S/c1-17-15-20(26(33-17)29-25(30)18-9-5-4-6-10-18)24(28-23-11-7-8-14-27-23)19-12-13-21(31-2)22(16-19)32-3/h4-16,24H,1-3H3,(H,27,28)(H,29,30)/t24-/m1/s1. The number of carbonyl (C=O) groups is 1. The summed E-state index contributed by atoms with van der Waals surface area (Å²) in [6.45, 7) is 2.03. The topological polar surface area (TPSA) is 72.5 Å². The first-order valence-electron chi connectivity index (χ1n) is 10.4. The highest BCUT2D eigenvalue weighted by Gasteiger charge is 2.23. The zero-order valence-electron chi connectivity index (χ0n) is 18.7. The third-order valence-electron chi connectivity index (χ3n) is 5.16. The minimum atomic E-state index is -0.282. The van der Waals surface area contributed by atoms with E-state index in [1.807, 2.05) is 61.5 Å². The Balaban J connectivity index is 1.76. The zero-order valence-corrected chi connectivity index (χ0v) is 19.5. The number of methoxy groups -OCH3 is 2. The van der Waals surface area contributed by atoms with E-state index in [0.717, 1.165) is 26.8 Å². The van der Waals surface area contributed by atoms with Crippen LogP contribution in [0.1, 0.15) is 32.4 Å². The number of rotatable bonds is 8. The third kappa shape index (κ3) is 5.15. The van der Waals surface area contributed by atoms with Crippen LogP contribution in [0.25, 0.3) is 0 Å². The molecule has 2 aromatic heterocycles. The van der Waals surface area contributed by atoms with Gasteiger partial charge in [0, 0.05) is 22.2 Å². The van der Waals surface area contributed by atoms with Crippen molar-refractivity contribution in [3.8, 4) is 11.5 Å². The summed E-state index contributed by atoms with van der Waals surface area (Å²) in [7, 11) is 3.23. The molecular formula is C26H25N3O3S. The second kappa shape index (κ2) is 10.2. The Kier molecular flexibility index (Phi) is 6.90. The normalized spacial score (nSPS) is 11.5. The molecule has 4 rings (SSSR count). The molecular weight excluding hydrogens is 434 g/mol. The van der Waals surface area contributed by atoms with Gasteiger partial charge in [0.1, 0.15) is 10.8 Å². The Hall–Kier alpha value is -3.84. The number of ether oxygens (including phenoxy) is 2. The molecule has 0 aliphatic carbocycles. The molecule has 1 amide bonds. The second-order valence-electron chi connectivity index (χ2n) is 7.37. The lowest BCUT2D eigenvalue weighted by atomic mass is 9.99. The molecule has 0 bridgehead atoms. The predicted molar refractivity (Wildman–Crippen MR) is 133 cm³/mol. The summed E-state index contributed by atoms with van der Waals surface area (Å²) >= 11 is 1.54. The van der Waals surface area contributed by atoms with Crippen molar-refractivity contribution in [1.82, 2.24) is 4.98 Å². The average Bonchev–Trinajstić information content (AvgIpc) is 3.22. The predicted octanol–water partition coefficient (Wildman–Crippen LogP) is 5.92. The van der Waals surface area contributed by atoms with E-state index in [0.29, 0.717) is 17.1 Å². The van der Waals surface area contributed by atoms with Crippen molar-refractivity contribution in [1.29, 1.82) is 0 Å². The average molecular weight is 460 g/mol. The van der Waals surface area contributed by atoms with Crippen molar-refractivity contribution in [3.05, 3.63) is 101 Å². The number of amides is 1. The first-order valence-corrected chi connectivity index (χ1v) is 11.3. The number of nitrogens with one attached hydrogen (secondary N) is 2. The smallest absolute Gasteiger partial charge is 0.256 e. The van der Waals surface area contributed by atoms with Gasteiger partial charge in [-0.15, -0.1) is 11.3 Å². The van der Waals surface area contributed by atoms with Crippen LogP contribution in [0.5, 0.6) is 11.5 Å². The fourth-order valence-electron chi connectivity index (χ4n) is 3.58. The molecule has 0 spiro atoms. The lowest BCUT2D eigenvalue weighted by Crippen LogP contribution is -2.17. The highest BCUT2D eigenvalue weighted by atomic mass is 32.1. The van der Waals surface area contributed by atoms with Gasteiger partial charge in [-0.2, -0.15) is 0 Å². The van der Waals surface area contributed by atoms with Gasteiger partial charge in [0.05, 0.1) is 20.3 Å². The molecule has 0 aliphatic rings.